The molecule has 0 fully saturated rings. The van der Waals surface area contributed by atoms with Crippen LogP contribution >= 0.6 is 0 Å². The van der Waals surface area contributed by atoms with Gasteiger partial charge >= 0.3 is 16.6 Å². The molecule has 0 aliphatic rings. The van der Waals surface area contributed by atoms with Crippen LogP contribution in [0.3, 0.4) is 0 Å². The molecule has 0 aliphatic heterocycles. The Morgan fingerprint density at radius 2 is 0.632 bits per heavy atom. The first-order valence-corrected chi connectivity index (χ1v) is 21.4. The molecule has 12 nitrogen and oxygen atoms in total. The van der Waals surface area contributed by atoms with Gasteiger partial charge in [0.15, 0.2) is 23.3 Å². The maximum absolute atomic E-state index is 11.4. The summed E-state index contributed by atoms with van der Waals surface area (Å²) in [5.74, 6) is 21.5. The van der Waals surface area contributed by atoms with Crippen molar-refractivity contribution < 1.29 is 8.58 Å². The van der Waals surface area contributed by atoms with Gasteiger partial charge in [-0.15, -0.1) is 0 Å². The summed E-state index contributed by atoms with van der Waals surface area (Å²) in [6, 6.07) is 32.0. The zero-order chi connectivity index (χ0) is 47.2. The fourth-order valence-corrected chi connectivity index (χ4v) is 6.24. The summed E-state index contributed by atoms with van der Waals surface area (Å²) in [4.78, 5) is 53.3. The number of hydrogen-bond acceptors (Lipinski definition) is 12. The third kappa shape index (κ3) is 14.1. The molecule has 0 N–H and O–H groups in total. The number of rotatable bonds is 6. The maximum Gasteiger partial charge on any atom is 0.494 e. The molecule has 68 heavy (non-hydrogen) atoms. The lowest BCUT2D eigenvalue weighted by molar-refractivity contribution is -0.111. The Hall–Kier alpha value is -9.30. The van der Waals surface area contributed by atoms with Gasteiger partial charge in [-0.2, -0.15) is 0 Å². The van der Waals surface area contributed by atoms with Crippen molar-refractivity contribution in [3.05, 3.63) is 235 Å². The molecule has 0 spiro atoms. The van der Waals surface area contributed by atoms with Crippen molar-refractivity contribution in [2.24, 2.45) is 0 Å². The molecule has 0 saturated carbocycles. The highest BCUT2D eigenvalue weighted by Crippen LogP contribution is 2.24. The Balaban J connectivity index is 0.000000161. The predicted molar refractivity (Wildman–Crippen MR) is 262 cm³/mol. The molecule has 0 aliphatic carbocycles. The first kappa shape index (κ1) is 46.7. The molecule has 0 amide bonds. The molecular formula is C55H38AlN10O2. The first-order valence-electron chi connectivity index (χ1n) is 20.8. The van der Waals surface area contributed by atoms with E-state index in [9.17, 15) is 4.79 Å². The number of ketones is 1. The third-order valence-corrected chi connectivity index (χ3v) is 9.80. The maximum atomic E-state index is 11.4. The van der Waals surface area contributed by atoms with Gasteiger partial charge < -0.3 is 3.79 Å². The van der Waals surface area contributed by atoms with Crippen LogP contribution in [0.4, 0.5) is 0 Å². The van der Waals surface area contributed by atoms with E-state index in [2.05, 4.69) is 85.4 Å². The van der Waals surface area contributed by atoms with Gasteiger partial charge in [-0.1, -0.05) is 35.5 Å². The Bertz CT molecular complexity index is 2980. The molecule has 13 heteroatoms. The number of nitrogens with zero attached hydrogens (tertiary/aromatic N) is 10. The lowest BCUT2D eigenvalue weighted by Crippen LogP contribution is -2.01. The van der Waals surface area contributed by atoms with Crippen LogP contribution in [0.5, 0.6) is 0 Å². The normalized spacial score (nSPS) is 10.2. The molecule has 0 unspecified atom stereocenters. The number of carbonyl (C=O) groups is 1. The van der Waals surface area contributed by atoms with Crippen LogP contribution < -0.4 is 0 Å². The monoisotopic (exact) mass is 897 g/mol. The SMILES string of the molecule is C(#Cc1cc(C#Cc2ccncc2)cc(C#Cc2ccncc2)c1)c1ccncc1.CC(=O)C(=C(C)[O][AlH])c1ccncc1.c1cc(-c2nc(-c3ccncc3)nc(-c3ccncc3)n2)ccn1. The number of aromatic nitrogens is 10. The van der Waals surface area contributed by atoms with Gasteiger partial charge in [0.25, 0.3) is 0 Å². The highest BCUT2D eigenvalue weighted by molar-refractivity contribution is 6.20. The van der Waals surface area contributed by atoms with Gasteiger partial charge in [-0.25, -0.2) is 15.0 Å². The molecule has 323 valence electrons. The van der Waals surface area contributed by atoms with Crippen LogP contribution in [0.1, 0.15) is 52.8 Å². The second-order valence-corrected chi connectivity index (χ2v) is 14.4. The smallest absolute Gasteiger partial charge is 0.494 e. The second-order valence-electron chi connectivity index (χ2n) is 14.1. The van der Waals surface area contributed by atoms with Gasteiger partial charge in [0, 0.05) is 137 Å². The van der Waals surface area contributed by atoms with E-state index in [4.69, 9.17) is 3.79 Å². The standard InChI is InChI=1S/C27H15N3.C18H12N6.C10H11NO2.Al.H/c1(22-7-13-28-14-8-22)4-25-19-26(5-2-23-9-15-29-16-10-23)21-27(20-25)6-3-24-11-17-30-18-12-24;1-7-19-8-2-13(1)16-22-17(14-3-9-20-10-4-14)24-18(23-16)15-5-11-21-12-6-15;1-7(12)10(8(2)13)9-3-5-11-6-4-9;;/h7-21H;1-12H;3-6,12H,1-2H3;;/q;;;+1;/p-1. The number of allylic oxidation sites excluding steroid dienone is 2. The van der Waals surface area contributed by atoms with E-state index in [1.165, 1.54) is 23.5 Å². The molecule has 9 rings (SSSR count). The van der Waals surface area contributed by atoms with Gasteiger partial charge in [-0.3, -0.25) is 39.7 Å². The van der Waals surface area contributed by atoms with Crippen molar-refractivity contribution in [3.8, 4) is 69.7 Å². The van der Waals surface area contributed by atoms with E-state index in [-0.39, 0.29) is 5.78 Å². The zero-order valence-electron chi connectivity index (χ0n) is 36.9. The van der Waals surface area contributed by atoms with Gasteiger partial charge in [0.05, 0.1) is 11.3 Å². The average molecular weight is 898 g/mol. The van der Waals surface area contributed by atoms with Crippen LogP contribution in [0, 0.1) is 35.5 Å². The van der Waals surface area contributed by atoms with Crippen LogP contribution in [0.25, 0.3) is 39.7 Å². The minimum atomic E-state index is 0.000324. The van der Waals surface area contributed by atoms with Crippen molar-refractivity contribution in [1.29, 1.82) is 0 Å². The molecule has 1 radical (unpaired) electrons. The fourth-order valence-electron chi connectivity index (χ4n) is 6.09. The summed E-state index contributed by atoms with van der Waals surface area (Å²) in [5, 5.41) is 0. The number of benzene rings is 1. The number of pyridine rings is 7. The Morgan fingerprint density at radius 1 is 0.382 bits per heavy atom. The van der Waals surface area contributed by atoms with E-state index in [0.29, 0.717) is 28.8 Å². The van der Waals surface area contributed by atoms with Crippen molar-refractivity contribution >= 4 is 28.0 Å². The van der Waals surface area contributed by atoms with E-state index in [1.54, 1.807) is 106 Å². The molecular weight excluding hydrogens is 860 g/mol. The topological polar surface area (TPSA) is 155 Å². The summed E-state index contributed by atoms with van der Waals surface area (Å²) in [7, 11) is 0. The van der Waals surface area contributed by atoms with E-state index >= 15 is 0 Å². The molecule has 0 saturated heterocycles. The Labute approximate surface area is 402 Å². The summed E-state index contributed by atoms with van der Waals surface area (Å²) in [5.41, 5.74) is 9.40. The molecule has 1 aromatic carbocycles. The van der Waals surface area contributed by atoms with Crippen molar-refractivity contribution in [3.63, 3.8) is 0 Å². The highest BCUT2D eigenvalue weighted by atomic mass is 27.1. The minimum Gasteiger partial charge on any atom is -0.653 e. The van der Waals surface area contributed by atoms with E-state index in [1.807, 2.05) is 91.0 Å². The summed E-state index contributed by atoms with van der Waals surface area (Å²) < 4.78 is 5.09. The summed E-state index contributed by atoms with van der Waals surface area (Å²) >= 11 is 1.36. The first-order chi connectivity index (χ1) is 33.4. The van der Waals surface area contributed by atoms with Crippen LogP contribution in [0.15, 0.2) is 196 Å². The highest BCUT2D eigenvalue weighted by Gasteiger charge is 2.12. The van der Waals surface area contributed by atoms with E-state index in [0.717, 1.165) is 55.6 Å². The molecule has 8 aromatic heterocycles. The van der Waals surface area contributed by atoms with Crippen molar-refractivity contribution in [2.75, 3.05) is 0 Å². The van der Waals surface area contributed by atoms with Crippen LogP contribution in [-0.4, -0.2) is 72.2 Å². The van der Waals surface area contributed by atoms with Gasteiger partial charge in [0.1, 0.15) is 0 Å². The van der Waals surface area contributed by atoms with Gasteiger partial charge in [-0.05, 0) is 123 Å². The minimum absolute atomic E-state index is 0.000324. The van der Waals surface area contributed by atoms with Crippen LogP contribution in [-0.2, 0) is 8.58 Å². The Kier molecular flexibility index (Phi) is 16.9. The molecule has 8 heterocycles. The van der Waals surface area contributed by atoms with Crippen molar-refractivity contribution in [2.45, 2.75) is 13.8 Å². The second kappa shape index (κ2) is 24.7. The number of carbonyl (C=O) groups excluding carboxylic acids is 1. The molecule has 9 aromatic rings. The number of Topliss-reactive ketones (excluding diaryl/α,β-unsaturated/α-hetero) is 1. The molecule has 0 atom stereocenters. The summed E-state index contributed by atoms with van der Waals surface area (Å²) in [6.07, 6.45) is 24.0. The molecule has 0 bridgehead atoms. The largest absolute Gasteiger partial charge is 0.653 e. The number of hydrogen-bond donors (Lipinski definition) is 0. The lowest BCUT2D eigenvalue weighted by Gasteiger charge is -2.09. The van der Waals surface area contributed by atoms with Crippen molar-refractivity contribution in [1.82, 2.24) is 49.8 Å². The lowest BCUT2D eigenvalue weighted by atomic mass is 10.0. The summed E-state index contributed by atoms with van der Waals surface area (Å²) in [6.45, 7) is 3.31. The Morgan fingerprint density at radius 3 is 0.897 bits per heavy atom. The zero-order valence-corrected chi connectivity index (χ0v) is 38.3. The van der Waals surface area contributed by atoms with Crippen LogP contribution in [0.2, 0.25) is 0 Å². The van der Waals surface area contributed by atoms with E-state index < -0.39 is 0 Å². The third-order valence-electron chi connectivity index (χ3n) is 9.37. The quantitative estimate of drug-likeness (QED) is 0.0682. The van der Waals surface area contributed by atoms with Gasteiger partial charge in [0.2, 0.25) is 0 Å². The fraction of sp³-hybridized carbons (Fsp3) is 0.0364. The predicted octanol–water partition coefficient (Wildman–Crippen LogP) is 8.36. The average Bonchev–Trinajstić information content (AvgIpc) is 3.41.